The molecule has 5 nitrogen and oxygen atoms in total. The maximum Gasteiger partial charge on any atom is 0.323 e. The molecule has 0 aromatic carbocycles. The van der Waals surface area contributed by atoms with Crippen LogP contribution in [0, 0.1) is 0 Å². The van der Waals surface area contributed by atoms with Gasteiger partial charge in [0.25, 0.3) is 0 Å². The van der Waals surface area contributed by atoms with Crippen LogP contribution in [0.4, 0.5) is 0 Å². The molecule has 0 heterocycles. The van der Waals surface area contributed by atoms with Gasteiger partial charge in [-0.3, -0.25) is 9.36 Å². The smallest absolute Gasteiger partial charge is 0.323 e. The van der Waals surface area contributed by atoms with Crippen LogP contribution in [0.3, 0.4) is 0 Å². The number of hydrogen-bond donors (Lipinski definition) is 0. The number of Topliss-reactive ketones (excluding diaryl/α,β-unsaturated/α-hetero) is 1. The van der Waals surface area contributed by atoms with E-state index in [1.807, 2.05) is 0 Å². The molecule has 0 saturated heterocycles. The van der Waals surface area contributed by atoms with E-state index in [1.54, 1.807) is 0 Å². The highest BCUT2D eigenvalue weighted by Gasteiger charge is 2.19. The van der Waals surface area contributed by atoms with E-state index in [1.165, 1.54) is 13.8 Å². The largest absolute Gasteiger partial charge is 0.361 e. The minimum Gasteiger partial charge on any atom is -0.361 e. The van der Waals surface area contributed by atoms with Crippen molar-refractivity contribution in [3.05, 3.63) is 5.53 Å². The lowest BCUT2D eigenvalue weighted by molar-refractivity contribution is -0.113. The zero-order valence-corrected chi connectivity index (χ0v) is 7.25. The van der Waals surface area contributed by atoms with Gasteiger partial charge in [0.2, 0.25) is 13.2 Å². The van der Waals surface area contributed by atoms with E-state index < -0.39 is 13.2 Å². The van der Waals surface area contributed by atoms with Crippen LogP contribution < -0.4 is 0 Å². The summed E-state index contributed by atoms with van der Waals surface area (Å²) in [5.74, 6) is -0.514. The summed E-state index contributed by atoms with van der Waals surface area (Å²) in [6, 6.07) is 0. The predicted octanol–water partition coefficient (Wildman–Crippen LogP) is 0.410. The first-order valence-corrected chi connectivity index (χ1v) is 5.10. The first kappa shape index (κ1) is 10.2. The van der Waals surface area contributed by atoms with Gasteiger partial charge in [-0.05, 0) is 0 Å². The fourth-order valence-electron chi connectivity index (χ4n) is 0.453. The molecule has 11 heavy (non-hydrogen) atoms. The van der Waals surface area contributed by atoms with Crippen LogP contribution >= 0.6 is 7.37 Å². The Morgan fingerprint density at radius 1 is 1.82 bits per heavy atom. The number of carbonyl (C=O) groups excluding carboxylic acids is 1. The minimum atomic E-state index is -2.81. The predicted molar refractivity (Wildman–Crippen MR) is 40.1 cm³/mol. The molecular formula is C5H9N2O3P. The zero-order chi connectivity index (χ0) is 8.91. The van der Waals surface area contributed by atoms with Crippen LogP contribution in [0.5, 0.6) is 0 Å². The molecule has 0 aliphatic heterocycles. The lowest BCUT2D eigenvalue weighted by Crippen LogP contribution is -2.07. The highest BCUT2D eigenvalue weighted by molar-refractivity contribution is 7.59. The van der Waals surface area contributed by atoms with Gasteiger partial charge in [0, 0.05) is 13.8 Å². The van der Waals surface area contributed by atoms with Crippen molar-refractivity contribution in [1.82, 2.24) is 0 Å². The van der Waals surface area contributed by atoms with Crippen molar-refractivity contribution >= 4 is 19.4 Å². The van der Waals surface area contributed by atoms with Gasteiger partial charge >= 0.3 is 6.21 Å². The summed E-state index contributed by atoms with van der Waals surface area (Å²) in [7, 11) is -1.54. The van der Waals surface area contributed by atoms with Crippen molar-refractivity contribution in [1.29, 1.82) is 0 Å². The van der Waals surface area contributed by atoms with E-state index in [4.69, 9.17) is 5.53 Å². The Bertz CT molecular complexity index is 244. The van der Waals surface area contributed by atoms with E-state index >= 15 is 0 Å². The van der Waals surface area contributed by atoms with Gasteiger partial charge in [-0.25, -0.2) is 0 Å². The van der Waals surface area contributed by atoms with E-state index in [2.05, 4.69) is 9.31 Å². The lowest BCUT2D eigenvalue weighted by Gasteiger charge is -2.04. The normalized spacial score (nSPS) is 14.7. The molecule has 1 atom stereocenters. The van der Waals surface area contributed by atoms with Crippen molar-refractivity contribution in [3.8, 4) is 0 Å². The Balaban J connectivity index is 4.15. The van der Waals surface area contributed by atoms with Crippen molar-refractivity contribution in [2.75, 3.05) is 19.9 Å². The number of nitrogens with zero attached hydrogens (tertiary/aromatic N) is 2. The topological polar surface area (TPSA) is 79.8 Å². The maximum atomic E-state index is 11.1. The second-order valence-electron chi connectivity index (χ2n) is 2.07. The number of carbonyl (C=O) groups is 1. The monoisotopic (exact) mass is 176 g/mol. The summed E-state index contributed by atoms with van der Waals surface area (Å²) in [6.45, 7) is 1.34. The summed E-state index contributed by atoms with van der Waals surface area (Å²) in [6.07, 6.45) is 0.475. The molecule has 0 bridgehead atoms. The average Bonchev–Trinajstić information content (AvgIpc) is 1.87. The molecule has 62 valence electrons. The summed E-state index contributed by atoms with van der Waals surface area (Å²) >= 11 is 0. The Labute approximate surface area is 64.4 Å². The Morgan fingerprint density at radius 2 is 2.36 bits per heavy atom. The van der Waals surface area contributed by atoms with Gasteiger partial charge in [-0.2, -0.15) is 4.79 Å². The molecule has 0 aromatic rings. The summed E-state index contributed by atoms with van der Waals surface area (Å²) in [5.41, 5.74) is 7.92. The molecule has 0 fully saturated rings. The van der Waals surface area contributed by atoms with Gasteiger partial charge in [0.05, 0.1) is 6.16 Å². The highest BCUT2D eigenvalue weighted by Crippen LogP contribution is 2.40. The average molecular weight is 176 g/mol. The fourth-order valence-corrected chi connectivity index (χ4v) is 1.23. The summed E-state index contributed by atoms with van der Waals surface area (Å²) in [5, 5.41) is 0. The Hall–Kier alpha value is -0.760. The van der Waals surface area contributed by atoms with Crippen LogP contribution in [-0.4, -0.2) is 36.7 Å². The summed E-state index contributed by atoms with van der Waals surface area (Å²) < 4.78 is 15.6. The molecule has 0 radical (unpaired) electrons. The number of ketones is 1. The molecule has 6 heteroatoms. The maximum absolute atomic E-state index is 11.1. The van der Waals surface area contributed by atoms with Crippen molar-refractivity contribution in [2.24, 2.45) is 0 Å². The van der Waals surface area contributed by atoms with Crippen molar-refractivity contribution in [3.63, 3.8) is 0 Å². The number of rotatable bonds is 4. The lowest BCUT2D eigenvalue weighted by atomic mass is 10.5. The van der Waals surface area contributed by atoms with Gasteiger partial charge in [0.15, 0.2) is 0 Å². The molecule has 0 aliphatic carbocycles. The van der Waals surface area contributed by atoms with Crippen LogP contribution in [0.1, 0.15) is 0 Å². The van der Waals surface area contributed by atoms with E-state index in [0.29, 0.717) is 6.21 Å². The molecule has 0 amide bonds. The second-order valence-corrected chi connectivity index (χ2v) is 4.78. The second kappa shape index (κ2) is 4.19. The molecule has 0 saturated carbocycles. The molecule has 0 aromatic heterocycles. The minimum absolute atomic E-state index is 0.229. The van der Waals surface area contributed by atoms with Crippen LogP contribution in [-0.2, 0) is 13.9 Å². The van der Waals surface area contributed by atoms with E-state index in [-0.39, 0.29) is 6.16 Å². The van der Waals surface area contributed by atoms with E-state index in [9.17, 15) is 9.36 Å². The van der Waals surface area contributed by atoms with Gasteiger partial charge < -0.3 is 10.1 Å². The first-order chi connectivity index (χ1) is 5.02. The third kappa shape index (κ3) is 4.62. The van der Waals surface area contributed by atoms with Crippen molar-refractivity contribution in [2.45, 2.75) is 0 Å². The van der Waals surface area contributed by atoms with Crippen LogP contribution in [0.25, 0.3) is 5.53 Å². The van der Waals surface area contributed by atoms with Gasteiger partial charge in [0.1, 0.15) is 0 Å². The molecule has 0 rings (SSSR count). The SMILES string of the molecule is COP(C)(=O)CC(=O)C=[N+]=[N-]. The third-order valence-corrected chi connectivity index (χ3v) is 2.69. The number of hydrogen-bond acceptors (Lipinski definition) is 3. The van der Waals surface area contributed by atoms with Crippen LogP contribution in [0.2, 0.25) is 0 Å². The van der Waals surface area contributed by atoms with Gasteiger partial charge in [-0.1, -0.05) is 0 Å². The molecule has 0 N–H and O–H groups in total. The Kier molecular flexibility index (Phi) is 3.90. The highest BCUT2D eigenvalue weighted by atomic mass is 31.2. The van der Waals surface area contributed by atoms with Gasteiger partial charge in [-0.15, -0.1) is 0 Å². The molecule has 0 spiro atoms. The summed E-state index contributed by atoms with van der Waals surface area (Å²) in [4.78, 5) is 13.2. The van der Waals surface area contributed by atoms with E-state index in [0.717, 1.165) is 0 Å². The first-order valence-electron chi connectivity index (χ1n) is 2.84. The molecule has 0 aliphatic rings. The Morgan fingerprint density at radius 3 is 2.73 bits per heavy atom. The standard InChI is InChI=1S/C5H9N2O3P/c1-10-11(2,9)4-5(8)3-7-6/h3H,4H2,1-2H3. The quantitative estimate of drug-likeness (QED) is 0.269. The molecule has 1 unspecified atom stereocenters. The zero-order valence-electron chi connectivity index (χ0n) is 6.35. The third-order valence-electron chi connectivity index (χ3n) is 1.03. The molecular weight excluding hydrogens is 167 g/mol. The van der Waals surface area contributed by atoms with Crippen molar-refractivity contribution < 1.29 is 18.7 Å². The fraction of sp³-hybridized carbons (Fsp3) is 0.600. The van der Waals surface area contributed by atoms with Crippen LogP contribution in [0.15, 0.2) is 0 Å².